The summed E-state index contributed by atoms with van der Waals surface area (Å²) >= 11 is 5.25. The molecule has 0 saturated carbocycles. The Bertz CT molecular complexity index is 525. The number of benzene rings is 2. The molecular weight excluding hydrogens is 332 g/mol. The number of nitrogens with one attached hydrogen (secondary N) is 1. The molecule has 0 aliphatic carbocycles. The van der Waals surface area contributed by atoms with E-state index in [2.05, 4.69) is 76.8 Å². The normalized spacial score (nSPS) is 12.3. The Hall–Kier alpha value is -0.810. The van der Waals surface area contributed by atoms with Crippen molar-refractivity contribution in [1.29, 1.82) is 0 Å². The van der Waals surface area contributed by atoms with Crippen LogP contribution >= 0.6 is 27.7 Å². The molecule has 106 valence electrons. The van der Waals surface area contributed by atoms with Crippen LogP contribution in [0.5, 0.6) is 0 Å². The summed E-state index contributed by atoms with van der Waals surface area (Å²) in [6.07, 6.45) is 1.06. The maximum absolute atomic E-state index is 5.69. The molecule has 0 amide bonds. The second-order valence-corrected chi connectivity index (χ2v) is 6.59. The highest BCUT2D eigenvalue weighted by molar-refractivity contribution is 9.10. The third kappa shape index (κ3) is 4.35. The quantitative estimate of drug-likeness (QED) is 0.463. The van der Waals surface area contributed by atoms with Gasteiger partial charge in [0, 0.05) is 15.1 Å². The third-order valence-corrected chi connectivity index (χ3v) is 4.86. The lowest BCUT2D eigenvalue weighted by molar-refractivity contribution is 0.610. The smallest absolute Gasteiger partial charge is 0.0553 e. The highest BCUT2D eigenvalue weighted by atomic mass is 79.9. The number of aryl methyl sites for hydroxylation is 1. The highest BCUT2D eigenvalue weighted by Crippen LogP contribution is 2.25. The van der Waals surface area contributed by atoms with Gasteiger partial charge in [0.15, 0.2) is 0 Å². The Morgan fingerprint density at radius 2 is 1.75 bits per heavy atom. The molecule has 0 heterocycles. The van der Waals surface area contributed by atoms with E-state index in [9.17, 15) is 0 Å². The zero-order valence-electron chi connectivity index (χ0n) is 11.5. The zero-order chi connectivity index (χ0) is 14.4. The molecule has 0 fully saturated rings. The van der Waals surface area contributed by atoms with Crippen LogP contribution in [0.15, 0.2) is 57.9 Å². The predicted octanol–water partition coefficient (Wildman–Crippen LogP) is 4.31. The molecule has 1 unspecified atom stereocenters. The van der Waals surface area contributed by atoms with Crippen LogP contribution < -0.4 is 11.3 Å². The van der Waals surface area contributed by atoms with Crippen molar-refractivity contribution < 1.29 is 0 Å². The largest absolute Gasteiger partial charge is 0.271 e. The average Bonchev–Trinajstić information content (AvgIpc) is 2.50. The van der Waals surface area contributed by atoms with Gasteiger partial charge in [-0.2, -0.15) is 0 Å². The second-order valence-electron chi connectivity index (χ2n) is 4.58. The molecule has 1 atom stereocenters. The molecular formula is C16H19BrN2S. The van der Waals surface area contributed by atoms with Crippen LogP contribution in [0.4, 0.5) is 0 Å². The van der Waals surface area contributed by atoms with E-state index >= 15 is 0 Å². The first kappa shape index (κ1) is 15.6. The zero-order valence-corrected chi connectivity index (χ0v) is 13.9. The van der Waals surface area contributed by atoms with Crippen LogP contribution in [0.25, 0.3) is 0 Å². The van der Waals surface area contributed by atoms with Crippen molar-refractivity contribution in [3.63, 3.8) is 0 Å². The minimum Gasteiger partial charge on any atom is -0.271 e. The summed E-state index contributed by atoms with van der Waals surface area (Å²) in [6, 6.07) is 17.2. The molecule has 2 aromatic rings. The average molecular weight is 351 g/mol. The van der Waals surface area contributed by atoms with Crippen molar-refractivity contribution in [3.05, 3.63) is 64.1 Å². The van der Waals surface area contributed by atoms with E-state index in [1.165, 1.54) is 16.0 Å². The van der Waals surface area contributed by atoms with E-state index in [0.717, 1.165) is 16.6 Å². The highest BCUT2D eigenvalue weighted by Gasteiger charge is 2.10. The number of hydrogen-bond donors (Lipinski definition) is 2. The Labute approximate surface area is 133 Å². The summed E-state index contributed by atoms with van der Waals surface area (Å²) in [6.45, 7) is 2.16. The fraction of sp³-hybridized carbons (Fsp3) is 0.250. The number of halogens is 1. The summed E-state index contributed by atoms with van der Waals surface area (Å²) in [5.74, 6) is 6.60. The van der Waals surface area contributed by atoms with Crippen molar-refractivity contribution in [1.82, 2.24) is 5.43 Å². The van der Waals surface area contributed by atoms with E-state index in [4.69, 9.17) is 5.84 Å². The monoisotopic (exact) mass is 350 g/mol. The molecule has 2 aromatic carbocycles. The van der Waals surface area contributed by atoms with E-state index in [1.807, 2.05) is 0 Å². The molecule has 3 N–H and O–H groups in total. The van der Waals surface area contributed by atoms with Crippen LogP contribution in [0.3, 0.4) is 0 Å². The van der Waals surface area contributed by atoms with Gasteiger partial charge in [-0.15, -0.1) is 11.8 Å². The number of hydrogen-bond acceptors (Lipinski definition) is 3. The van der Waals surface area contributed by atoms with Gasteiger partial charge in [-0.3, -0.25) is 11.3 Å². The number of rotatable bonds is 6. The van der Waals surface area contributed by atoms with Gasteiger partial charge >= 0.3 is 0 Å². The maximum atomic E-state index is 5.69. The number of thioether (sulfide) groups is 1. The molecule has 2 rings (SSSR count). The van der Waals surface area contributed by atoms with E-state index < -0.39 is 0 Å². The predicted molar refractivity (Wildman–Crippen MR) is 90.8 cm³/mol. The fourth-order valence-corrected chi connectivity index (χ4v) is 3.18. The SMILES string of the molecule is CCc1ccc(C(CSc2ccc(Br)cc2)NN)cc1. The van der Waals surface area contributed by atoms with Crippen LogP contribution in [0.2, 0.25) is 0 Å². The molecule has 0 spiro atoms. The van der Waals surface area contributed by atoms with Crippen molar-refractivity contribution in [2.45, 2.75) is 24.3 Å². The molecule has 20 heavy (non-hydrogen) atoms. The van der Waals surface area contributed by atoms with E-state index in [-0.39, 0.29) is 6.04 Å². The molecule has 0 aliphatic heterocycles. The second kappa shape index (κ2) is 7.84. The summed E-state index contributed by atoms with van der Waals surface area (Å²) < 4.78 is 1.10. The first-order valence-corrected chi connectivity index (χ1v) is 8.44. The van der Waals surface area contributed by atoms with Gasteiger partial charge in [-0.1, -0.05) is 47.1 Å². The Morgan fingerprint density at radius 3 is 2.30 bits per heavy atom. The summed E-state index contributed by atoms with van der Waals surface area (Å²) in [5.41, 5.74) is 5.49. The van der Waals surface area contributed by atoms with Gasteiger partial charge in [0.2, 0.25) is 0 Å². The Balaban J connectivity index is 1.99. The van der Waals surface area contributed by atoms with Gasteiger partial charge in [-0.25, -0.2) is 0 Å². The van der Waals surface area contributed by atoms with Gasteiger partial charge < -0.3 is 0 Å². The minimum atomic E-state index is 0.162. The lowest BCUT2D eigenvalue weighted by Gasteiger charge is -2.16. The topological polar surface area (TPSA) is 38.0 Å². The van der Waals surface area contributed by atoms with Gasteiger partial charge in [0.25, 0.3) is 0 Å². The van der Waals surface area contributed by atoms with Crippen molar-refractivity contribution >= 4 is 27.7 Å². The molecule has 0 bridgehead atoms. The number of hydrazine groups is 1. The van der Waals surface area contributed by atoms with Crippen molar-refractivity contribution in [2.75, 3.05) is 5.75 Å². The first-order valence-electron chi connectivity index (χ1n) is 6.66. The first-order chi connectivity index (χ1) is 9.72. The van der Waals surface area contributed by atoms with Crippen LogP contribution in [-0.4, -0.2) is 5.75 Å². The number of nitrogens with two attached hydrogens (primary N) is 1. The third-order valence-electron chi connectivity index (χ3n) is 3.22. The molecule has 2 nitrogen and oxygen atoms in total. The standard InChI is InChI=1S/C16H19BrN2S/c1-2-12-3-5-13(6-4-12)16(19-18)11-20-15-9-7-14(17)8-10-15/h3-10,16,19H,2,11,18H2,1H3. The van der Waals surface area contributed by atoms with Crippen LogP contribution in [0, 0.1) is 0 Å². The molecule has 0 aliphatic rings. The Morgan fingerprint density at radius 1 is 1.10 bits per heavy atom. The molecule has 4 heteroatoms. The molecule has 0 aromatic heterocycles. The van der Waals surface area contributed by atoms with Gasteiger partial charge in [0.05, 0.1) is 6.04 Å². The van der Waals surface area contributed by atoms with Gasteiger partial charge in [-0.05, 0) is 41.8 Å². The fourth-order valence-electron chi connectivity index (χ4n) is 1.94. The van der Waals surface area contributed by atoms with E-state index in [0.29, 0.717) is 0 Å². The lowest BCUT2D eigenvalue weighted by atomic mass is 10.1. The lowest BCUT2D eigenvalue weighted by Crippen LogP contribution is -2.29. The van der Waals surface area contributed by atoms with Crippen molar-refractivity contribution in [2.24, 2.45) is 5.84 Å². The summed E-state index contributed by atoms with van der Waals surface area (Å²) in [7, 11) is 0. The van der Waals surface area contributed by atoms with Crippen LogP contribution in [0.1, 0.15) is 24.1 Å². The maximum Gasteiger partial charge on any atom is 0.0553 e. The van der Waals surface area contributed by atoms with E-state index in [1.54, 1.807) is 11.8 Å². The summed E-state index contributed by atoms with van der Waals surface area (Å²) in [4.78, 5) is 1.25. The van der Waals surface area contributed by atoms with Crippen molar-refractivity contribution in [3.8, 4) is 0 Å². The van der Waals surface area contributed by atoms with Gasteiger partial charge in [0.1, 0.15) is 0 Å². The van der Waals surface area contributed by atoms with Crippen LogP contribution in [-0.2, 0) is 6.42 Å². The molecule has 0 radical (unpaired) electrons. The Kier molecular flexibility index (Phi) is 6.10. The molecule has 0 saturated heterocycles. The summed E-state index contributed by atoms with van der Waals surface area (Å²) in [5, 5.41) is 0. The minimum absolute atomic E-state index is 0.162.